The summed E-state index contributed by atoms with van der Waals surface area (Å²) in [5.74, 6) is -0.964. The van der Waals surface area contributed by atoms with E-state index in [4.69, 9.17) is 0 Å². The number of hydrogen-bond acceptors (Lipinski definition) is 3. The first kappa shape index (κ1) is 16.2. The second-order valence-corrected chi connectivity index (χ2v) is 7.23. The molecule has 1 aromatic rings. The highest BCUT2D eigenvalue weighted by atomic mass is 79.9. The molecular formula is C16H19BrN2O4. The lowest BCUT2D eigenvalue weighted by Gasteiger charge is -2.33. The van der Waals surface area contributed by atoms with Crippen LogP contribution < -0.4 is 5.56 Å². The molecule has 6 nitrogen and oxygen atoms in total. The Bertz CT molecular complexity index is 687. The van der Waals surface area contributed by atoms with Crippen LogP contribution in [0.1, 0.15) is 32.1 Å². The Morgan fingerprint density at radius 2 is 2.00 bits per heavy atom. The van der Waals surface area contributed by atoms with Gasteiger partial charge < -0.3 is 14.6 Å². The number of hydrogen-bond donors (Lipinski definition) is 1. The highest BCUT2D eigenvalue weighted by Gasteiger charge is 2.47. The lowest BCUT2D eigenvalue weighted by molar-refractivity contribution is -0.150. The zero-order chi connectivity index (χ0) is 16.6. The molecule has 3 rings (SSSR count). The summed E-state index contributed by atoms with van der Waals surface area (Å²) in [6.07, 6.45) is 6.04. The van der Waals surface area contributed by atoms with E-state index >= 15 is 0 Å². The van der Waals surface area contributed by atoms with Gasteiger partial charge in [-0.1, -0.05) is 12.8 Å². The maximum absolute atomic E-state index is 12.7. The normalized spacial score (nSPS) is 26.8. The maximum atomic E-state index is 12.7. The van der Waals surface area contributed by atoms with Gasteiger partial charge in [0.05, 0.1) is 0 Å². The number of aliphatic carboxylic acids is 1. The van der Waals surface area contributed by atoms with Crippen LogP contribution in [0.25, 0.3) is 0 Å². The molecule has 1 aromatic heterocycles. The molecule has 0 bridgehead atoms. The number of rotatable bonds is 3. The molecule has 0 radical (unpaired) electrons. The fourth-order valence-corrected chi connectivity index (χ4v) is 4.27. The topological polar surface area (TPSA) is 79.6 Å². The zero-order valence-corrected chi connectivity index (χ0v) is 14.2. The molecule has 1 saturated heterocycles. The average Bonchev–Trinajstić information content (AvgIpc) is 2.90. The van der Waals surface area contributed by atoms with Crippen molar-refractivity contribution in [1.82, 2.24) is 9.47 Å². The van der Waals surface area contributed by atoms with E-state index < -0.39 is 12.0 Å². The smallest absolute Gasteiger partial charge is 0.326 e. The summed E-state index contributed by atoms with van der Waals surface area (Å²) in [5.41, 5.74) is -0.271. The Balaban J connectivity index is 1.85. The van der Waals surface area contributed by atoms with Crippen molar-refractivity contribution in [1.29, 1.82) is 0 Å². The number of carboxylic acids is 1. The number of carbonyl (C=O) groups excluding carboxylic acids is 1. The van der Waals surface area contributed by atoms with E-state index in [-0.39, 0.29) is 30.0 Å². The second kappa shape index (κ2) is 6.47. The summed E-state index contributed by atoms with van der Waals surface area (Å²) < 4.78 is 2.03. The summed E-state index contributed by atoms with van der Waals surface area (Å²) in [6, 6.07) is 2.24. The first-order valence-electron chi connectivity index (χ1n) is 7.87. The minimum Gasteiger partial charge on any atom is -0.480 e. The van der Waals surface area contributed by atoms with Gasteiger partial charge in [-0.05, 0) is 47.2 Å². The molecule has 23 heavy (non-hydrogen) atoms. The standard InChI is InChI=1S/C16H19BrN2O4/c17-11-5-6-14(20)18(8-11)9-15(21)19-12-4-2-1-3-10(12)7-13(19)16(22)23/h5-6,8,10,12-13H,1-4,7,9H2,(H,22,23). The Hall–Kier alpha value is -1.63. The third-order valence-corrected chi connectivity index (χ3v) is 5.38. The lowest BCUT2D eigenvalue weighted by atomic mass is 9.85. The van der Waals surface area contributed by atoms with Gasteiger partial charge in [0.25, 0.3) is 5.56 Å². The lowest BCUT2D eigenvalue weighted by Crippen LogP contribution is -2.48. The molecule has 124 valence electrons. The summed E-state index contributed by atoms with van der Waals surface area (Å²) >= 11 is 3.28. The van der Waals surface area contributed by atoms with Crippen molar-refractivity contribution in [3.05, 3.63) is 33.2 Å². The van der Waals surface area contributed by atoms with Gasteiger partial charge >= 0.3 is 5.97 Å². The number of fused-ring (bicyclic) bond motifs is 1. The van der Waals surface area contributed by atoms with Crippen LogP contribution in [-0.4, -0.2) is 38.5 Å². The molecule has 1 N–H and O–H groups in total. The van der Waals surface area contributed by atoms with Crippen molar-refractivity contribution in [2.45, 2.75) is 50.7 Å². The zero-order valence-electron chi connectivity index (χ0n) is 12.7. The molecule has 3 atom stereocenters. The predicted octanol–water partition coefficient (Wildman–Crippen LogP) is 1.86. The van der Waals surface area contributed by atoms with Crippen LogP contribution in [0, 0.1) is 5.92 Å². The molecular weight excluding hydrogens is 364 g/mol. The molecule has 1 saturated carbocycles. The predicted molar refractivity (Wildman–Crippen MR) is 87.0 cm³/mol. The van der Waals surface area contributed by atoms with Gasteiger partial charge in [-0.25, -0.2) is 4.79 Å². The molecule has 1 amide bonds. The van der Waals surface area contributed by atoms with Gasteiger partial charge in [-0.2, -0.15) is 0 Å². The quantitative estimate of drug-likeness (QED) is 0.864. The first-order valence-corrected chi connectivity index (χ1v) is 8.66. The van der Waals surface area contributed by atoms with Gasteiger partial charge in [0.2, 0.25) is 5.91 Å². The van der Waals surface area contributed by atoms with Crippen LogP contribution in [0.5, 0.6) is 0 Å². The monoisotopic (exact) mass is 382 g/mol. The van der Waals surface area contributed by atoms with E-state index in [0.29, 0.717) is 10.9 Å². The number of pyridine rings is 1. The number of carboxylic acid groups (broad SMARTS) is 1. The van der Waals surface area contributed by atoms with Gasteiger partial charge in [-0.15, -0.1) is 0 Å². The third-order valence-electron chi connectivity index (χ3n) is 4.91. The van der Waals surface area contributed by atoms with Crippen molar-refractivity contribution in [3.63, 3.8) is 0 Å². The van der Waals surface area contributed by atoms with Crippen molar-refractivity contribution in [3.8, 4) is 0 Å². The van der Waals surface area contributed by atoms with Crippen LogP contribution in [-0.2, 0) is 16.1 Å². The molecule has 0 aromatic carbocycles. The third kappa shape index (κ3) is 3.20. The van der Waals surface area contributed by atoms with E-state index in [1.807, 2.05) is 0 Å². The minimum absolute atomic E-state index is 0.000190. The van der Waals surface area contributed by atoms with Crippen LogP contribution in [0.3, 0.4) is 0 Å². The Kier molecular flexibility index (Phi) is 4.57. The minimum atomic E-state index is -0.950. The number of likely N-dealkylation sites (tertiary alicyclic amines) is 1. The van der Waals surface area contributed by atoms with Gasteiger partial charge in [0.1, 0.15) is 12.6 Å². The van der Waals surface area contributed by atoms with E-state index in [1.54, 1.807) is 12.3 Å². The Labute approximate surface area is 142 Å². The van der Waals surface area contributed by atoms with Crippen LogP contribution >= 0.6 is 15.9 Å². The Morgan fingerprint density at radius 3 is 2.74 bits per heavy atom. The van der Waals surface area contributed by atoms with Crippen LogP contribution in [0.2, 0.25) is 0 Å². The molecule has 1 aliphatic carbocycles. The number of aromatic nitrogens is 1. The maximum Gasteiger partial charge on any atom is 0.326 e. The highest BCUT2D eigenvalue weighted by molar-refractivity contribution is 9.10. The summed E-state index contributed by atoms with van der Waals surface area (Å²) in [5, 5.41) is 9.47. The number of halogens is 1. The van der Waals surface area contributed by atoms with E-state index in [1.165, 1.54) is 15.5 Å². The number of carbonyl (C=O) groups is 2. The fourth-order valence-electron chi connectivity index (χ4n) is 3.89. The molecule has 0 spiro atoms. The highest BCUT2D eigenvalue weighted by Crippen LogP contribution is 2.39. The van der Waals surface area contributed by atoms with Crippen molar-refractivity contribution >= 4 is 27.8 Å². The number of amides is 1. The molecule has 1 aliphatic heterocycles. The van der Waals surface area contributed by atoms with Gasteiger partial charge in [0, 0.05) is 22.8 Å². The summed E-state index contributed by atoms with van der Waals surface area (Å²) in [4.78, 5) is 37.7. The van der Waals surface area contributed by atoms with Crippen molar-refractivity contribution in [2.24, 2.45) is 5.92 Å². The first-order chi connectivity index (χ1) is 11.0. The van der Waals surface area contributed by atoms with Gasteiger partial charge in [-0.3, -0.25) is 9.59 Å². The van der Waals surface area contributed by atoms with Crippen LogP contribution in [0.4, 0.5) is 0 Å². The molecule has 2 heterocycles. The molecule has 2 fully saturated rings. The summed E-state index contributed by atoms with van der Waals surface area (Å²) in [7, 11) is 0. The fraction of sp³-hybridized carbons (Fsp3) is 0.562. The molecule has 3 unspecified atom stereocenters. The molecule has 7 heteroatoms. The largest absolute Gasteiger partial charge is 0.480 e. The number of nitrogens with zero attached hydrogens (tertiary/aromatic N) is 2. The van der Waals surface area contributed by atoms with Crippen LogP contribution in [0.15, 0.2) is 27.6 Å². The van der Waals surface area contributed by atoms with E-state index in [2.05, 4.69) is 15.9 Å². The molecule has 2 aliphatic rings. The average molecular weight is 383 g/mol. The van der Waals surface area contributed by atoms with Crippen molar-refractivity contribution < 1.29 is 14.7 Å². The SMILES string of the molecule is O=C(O)C1CC2CCCCC2N1C(=O)Cn1cc(Br)ccc1=O. The van der Waals surface area contributed by atoms with E-state index in [0.717, 1.165) is 25.7 Å². The van der Waals surface area contributed by atoms with E-state index in [9.17, 15) is 19.5 Å². The van der Waals surface area contributed by atoms with Crippen molar-refractivity contribution in [2.75, 3.05) is 0 Å². The summed E-state index contributed by atoms with van der Waals surface area (Å²) in [6.45, 7) is -0.120. The second-order valence-electron chi connectivity index (χ2n) is 6.32. The van der Waals surface area contributed by atoms with Gasteiger partial charge in [0.15, 0.2) is 0 Å². The Morgan fingerprint density at radius 1 is 1.26 bits per heavy atom.